The van der Waals surface area contributed by atoms with Crippen LogP contribution in [0.3, 0.4) is 0 Å². The summed E-state index contributed by atoms with van der Waals surface area (Å²) in [4.78, 5) is 25.6. The Hall–Kier alpha value is -2.48. The van der Waals surface area contributed by atoms with Crippen LogP contribution >= 0.6 is 11.6 Å². The maximum Gasteiger partial charge on any atom is 0.347 e. The summed E-state index contributed by atoms with van der Waals surface area (Å²) in [6, 6.07) is 3.66. The molecule has 0 amide bonds. The topological polar surface area (TPSA) is 100 Å². The first kappa shape index (κ1) is 13.0. The molecule has 0 saturated carbocycles. The summed E-state index contributed by atoms with van der Waals surface area (Å²) >= 11 is 5.71. The number of rotatable bonds is 4. The van der Waals surface area contributed by atoms with Crippen molar-refractivity contribution in [1.82, 2.24) is 14.8 Å². The van der Waals surface area contributed by atoms with E-state index in [9.17, 15) is 14.9 Å². The molecule has 0 aliphatic heterocycles. The van der Waals surface area contributed by atoms with Crippen LogP contribution in [0.4, 0.5) is 5.69 Å². The molecule has 2 aromatic rings. The van der Waals surface area contributed by atoms with Crippen LogP contribution in [-0.2, 0) is 11.5 Å². The van der Waals surface area contributed by atoms with Gasteiger partial charge < -0.3 is 4.74 Å². The van der Waals surface area contributed by atoms with E-state index >= 15 is 0 Å². The Morgan fingerprint density at radius 2 is 2.32 bits per heavy atom. The number of ether oxygens (including phenoxy) is 1. The predicted molar refractivity (Wildman–Crippen MR) is 63.5 cm³/mol. The van der Waals surface area contributed by atoms with Crippen molar-refractivity contribution in [2.24, 2.45) is 0 Å². The highest BCUT2D eigenvalue weighted by atomic mass is 35.5. The van der Waals surface area contributed by atoms with Gasteiger partial charge in [-0.3, -0.25) is 10.1 Å². The molecule has 0 atom stereocenters. The summed E-state index contributed by atoms with van der Waals surface area (Å²) in [7, 11) is 0. The monoisotopic (exact) mass is 282 g/mol. The third kappa shape index (κ3) is 3.05. The van der Waals surface area contributed by atoms with Gasteiger partial charge in [-0.25, -0.2) is 14.5 Å². The van der Waals surface area contributed by atoms with Crippen LogP contribution in [-0.4, -0.2) is 25.7 Å². The van der Waals surface area contributed by atoms with Gasteiger partial charge in [0.05, 0.1) is 4.92 Å². The molecule has 0 aliphatic rings. The Morgan fingerprint density at radius 3 is 2.95 bits per heavy atom. The molecule has 1 heterocycles. The van der Waals surface area contributed by atoms with Crippen LogP contribution in [0.15, 0.2) is 30.9 Å². The Balaban J connectivity index is 2.18. The number of nitro benzene ring substituents is 1. The first-order valence-corrected chi connectivity index (χ1v) is 5.39. The van der Waals surface area contributed by atoms with E-state index in [0.29, 0.717) is 0 Å². The zero-order valence-electron chi connectivity index (χ0n) is 9.39. The van der Waals surface area contributed by atoms with Gasteiger partial charge >= 0.3 is 5.97 Å². The number of hydrogen-bond donors (Lipinski definition) is 0. The van der Waals surface area contributed by atoms with Gasteiger partial charge in [-0.1, -0.05) is 11.6 Å². The summed E-state index contributed by atoms with van der Waals surface area (Å²) in [5, 5.41) is 14.7. The number of aromatic nitrogens is 3. The van der Waals surface area contributed by atoms with Crippen LogP contribution in [0, 0.1) is 10.1 Å². The lowest BCUT2D eigenvalue weighted by molar-refractivity contribution is -0.385. The molecule has 0 spiro atoms. The summed E-state index contributed by atoms with van der Waals surface area (Å²) in [5.74, 6) is -0.857. The average molecular weight is 283 g/mol. The highest BCUT2D eigenvalue weighted by Crippen LogP contribution is 2.23. The van der Waals surface area contributed by atoms with Crippen molar-refractivity contribution in [3.05, 3.63) is 51.6 Å². The van der Waals surface area contributed by atoms with E-state index in [4.69, 9.17) is 16.3 Å². The van der Waals surface area contributed by atoms with E-state index in [-0.39, 0.29) is 23.0 Å². The molecule has 1 aromatic carbocycles. The first-order chi connectivity index (χ1) is 9.08. The molecule has 0 radical (unpaired) electrons. The number of carbonyl (C=O) groups is 1. The number of nitrogens with zero attached hydrogens (tertiary/aromatic N) is 4. The molecular weight excluding hydrogens is 276 g/mol. The highest BCUT2D eigenvalue weighted by molar-refractivity contribution is 6.31. The number of benzene rings is 1. The molecule has 0 bridgehead atoms. The number of halogens is 1. The van der Waals surface area contributed by atoms with E-state index in [2.05, 4.69) is 10.1 Å². The zero-order valence-corrected chi connectivity index (χ0v) is 10.1. The third-order valence-corrected chi connectivity index (χ3v) is 2.40. The molecule has 0 unspecified atom stereocenters. The van der Waals surface area contributed by atoms with Gasteiger partial charge in [0.2, 0.25) is 0 Å². The summed E-state index contributed by atoms with van der Waals surface area (Å²) < 4.78 is 6.13. The van der Waals surface area contributed by atoms with Gasteiger partial charge in [-0.15, -0.1) is 0 Å². The second-order valence-electron chi connectivity index (χ2n) is 3.41. The van der Waals surface area contributed by atoms with Crippen LogP contribution in [0.2, 0.25) is 5.02 Å². The third-order valence-electron chi connectivity index (χ3n) is 2.17. The SMILES string of the molecule is O=C(OCn1cncn1)c1cc(Cl)ccc1[N+](=O)[O-]. The molecule has 0 N–H and O–H groups in total. The maximum absolute atomic E-state index is 11.8. The molecule has 98 valence electrons. The van der Waals surface area contributed by atoms with E-state index in [1.54, 1.807) is 0 Å². The van der Waals surface area contributed by atoms with Crippen LogP contribution in [0.1, 0.15) is 10.4 Å². The van der Waals surface area contributed by atoms with Crippen molar-refractivity contribution in [2.45, 2.75) is 6.73 Å². The van der Waals surface area contributed by atoms with Crippen molar-refractivity contribution in [3.8, 4) is 0 Å². The summed E-state index contributed by atoms with van der Waals surface area (Å²) in [6.45, 7) is -0.192. The second kappa shape index (κ2) is 5.44. The zero-order chi connectivity index (χ0) is 13.8. The molecule has 8 nitrogen and oxygen atoms in total. The lowest BCUT2D eigenvalue weighted by atomic mass is 10.2. The fourth-order valence-corrected chi connectivity index (χ4v) is 1.50. The number of carbonyl (C=O) groups excluding carboxylic acids is 1. The van der Waals surface area contributed by atoms with Crippen LogP contribution in [0.25, 0.3) is 0 Å². The first-order valence-electron chi connectivity index (χ1n) is 5.01. The molecule has 2 rings (SSSR count). The average Bonchev–Trinajstić information content (AvgIpc) is 2.88. The van der Waals surface area contributed by atoms with Crippen LogP contribution in [0.5, 0.6) is 0 Å². The minimum absolute atomic E-state index is 0.192. The molecule has 0 aliphatic carbocycles. The number of esters is 1. The lowest BCUT2D eigenvalue weighted by Gasteiger charge is -2.05. The predicted octanol–water partition coefficient (Wildman–Crippen LogP) is 1.65. The van der Waals surface area contributed by atoms with Crippen molar-refractivity contribution in [2.75, 3.05) is 0 Å². The fraction of sp³-hybridized carbons (Fsp3) is 0.100. The molecule has 9 heteroatoms. The summed E-state index contributed by atoms with van der Waals surface area (Å²) in [6.07, 6.45) is 2.62. The van der Waals surface area contributed by atoms with E-state index in [1.165, 1.54) is 29.5 Å². The van der Waals surface area contributed by atoms with E-state index in [0.717, 1.165) is 6.07 Å². The van der Waals surface area contributed by atoms with Gasteiger partial charge in [-0.05, 0) is 12.1 Å². The van der Waals surface area contributed by atoms with Gasteiger partial charge in [0.25, 0.3) is 5.69 Å². The minimum Gasteiger partial charge on any atom is -0.439 e. The maximum atomic E-state index is 11.8. The Bertz CT molecular complexity index is 614. The van der Waals surface area contributed by atoms with Gasteiger partial charge in [0, 0.05) is 11.1 Å². The Morgan fingerprint density at radius 1 is 1.53 bits per heavy atom. The van der Waals surface area contributed by atoms with E-state index in [1.807, 2.05) is 0 Å². The molecule has 0 fully saturated rings. The van der Waals surface area contributed by atoms with Crippen molar-refractivity contribution in [1.29, 1.82) is 0 Å². The molecule has 19 heavy (non-hydrogen) atoms. The van der Waals surface area contributed by atoms with Gasteiger partial charge in [-0.2, -0.15) is 5.10 Å². The van der Waals surface area contributed by atoms with Gasteiger partial charge in [0.1, 0.15) is 18.2 Å². The van der Waals surface area contributed by atoms with E-state index < -0.39 is 10.9 Å². The standard InChI is InChI=1S/C10H7ClN4O4/c11-7-1-2-9(15(17)18)8(3-7)10(16)19-6-14-5-12-4-13-14/h1-5H,6H2. The second-order valence-corrected chi connectivity index (χ2v) is 3.85. The lowest BCUT2D eigenvalue weighted by Crippen LogP contribution is -2.12. The molecule has 0 saturated heterocycles. The highest BCUT2D eigenvalue weighted by Gasteiger charge is 2.21. The fourth-order valence-electron chi connectivity index (χ4n) is 1.33. The molecular formula is C10H7ClN4O4. The Kier molecular flexibility index (Phi) is 3.71. The Labute approximate surface area is 111 Å². The summed E-state index contributed by atoms with van der Waals surface area (Å²) in [5.41, 5.74) is -0.578. The minimum atomic E-state index is -0.857. The smallest absolute Gasteiger partial charge is 0.347 e. The van der Waals surface area contributed by atoms with Gasteiger partial charge in [0.15, 0.2) is 6.73 Å². The largest absolute Gasteiger partial charge is 0.439 e. The number of nitro groups is 1. The van der Waals surface area contributed by atoms with Crippen molar-refractivity contribution >= 4 is 23.3 Å². The van der Waals surface area contributed by atoms with Crippen LogP contribution < -0.4 is 0 Å². The number of hydrogen-bond acceptors (Lipinski definition) is 6. The van der Waals surface area contributed by atoms with Crippen molar-refractivity contribution in [3.63, 3.8) is 0 Å². The molecule has 1 aromatic heterocycles. The quantitative estimate of drug-likeness (QED) is 0.480. The normalized spacial score (nSPS) is 10.2. The van der Waals surface area contributed by atoms with Crippen molar-refractivity contribution < 1.29 is 14.5 Å².